The largest absolute Gasteiger partial charge is 0.325 e. The van der Waals surface area contributed by atoms with Gasteiger partial charge in [-0.1, -0.05) is 25.0 Å². The van der Waals surface area contributed by atoms with Crippen LogP contribution in [-0.4, -0.2) is 39.5 Å². The summed E-state index contributed by atoms with van der Waals surface area (Å²) in [5, 5.41) is 8.09. The quantitative estimate of drug-likeness (QED) is 0.855. The molecule has 2 rings (SSSR count). The number of rotatable bonds is 5. The van der Waals surface area contributed by atoms with Crippen molar-refractivity contribution in [2.45, 2.75) is 51.7 Å². The van der Waals surface area contributed by atoms with Crippen LogP contribution in [0.5, 0.6) is 0 Å². The standard InChI is InChI=1S/C13H25N5/c1-11-4-3-5-13(8-11)17(2)6-7-18-10-12(9-14)15-16-18/h10-11,13H,3-9,14H2,1-2H3. The van der Waals surface area contributed by atoms with E-state index in [9.17, 15) is 0 Å². The van der Waals surface area contributed by atoms with Crippen molar-refractivity contribution in [3.05, 3.63) is 11.9 Å². The molecule has 0 bridgehead atoms. The Kier molecular flexibility index (Phi) is 4.72. The molecule has 0 spiro atoms. The van der Waals surface area contributed by atoms with Crippen molar-refractivity contribution >= 4 is 0 Å². The van der Waals surface area contributed by atoms with Crippen LogP contribution >= 0.6 is 0 Å². The summed E-state index contributed by atoms with van der Waals surface area (Å²) in [6.45, 7) is 4.76. The molecular weight excluding hydrogens is 226 g/mol. The molecule has 1 aliphatic carbocycles. The van der Waals surface area contributed by atoms with Gasteiger partial charge in [0, 0.05) is 25.3 Å². The summed E-state index contributed by atoms with van der Waals surface area (Å²) < 4.78 is 1.89. The van der Waals surface area contributed by atoms with Crippen LogP contribution in [0.25, 0.3) is 0 Å². The SMILES string of the molecule is CC1CCCC(N(C)CCn2cc(CN)nn2)C1. The van der Waals surface area contributed by atoms with Crippen LogP contribution in [0.2, 0.25) is 0 Å². The average Bonchev–Trinajstić information content (AvgIpc) is 2.84. The lowest BCUT2D eigenvalue weighted by Gasteiger charge is -2.34. The second-order valence-electron chi connectivity index (χ2n) is 5.58. The van der Waals surface area contributed by atoms with Crippen LogP contribution in [-0.2, 0) is 13.1 Å². The molecule has 0 amide bonds. The van der Waals surface area contributed by atoms with Crippen molar-refractivity contribution in [3.8, 4) is 0 Å². The molecule has 1 fully saturated rings. The van der Waals surface area contributed by atoms with Gasteiger partial charge in [-0.15, -0.1) is 5.10 Å². The van der Waals surface area contributed by atoms with E-state index in [-0.39, 0.29) is 0 Å². The van der Waals surface area contributed by atoms with Gasteiger partial charge in [-0.3, -0.25) is 4.68 Å². The molecule has 0 aromatic carbocycles. The Labute approximate surface area is 109 Å². The average molecular weight is 251 g/mol. The minimum atomic E-state index is 0.468. The van der Waals surface area contributed by atoms with Gasteiger partial charge in [0.2, 0.25) is 0 Å². The zero-order chi connectivity index (χ0) is 13.0. The van der Waals surface area contributed by atoms with Gasteiger partial charge in [-0.05, 0) is 25.8 Å². The minimum Gasteiger partial charge on any atom is -0.325 e. The lowest BCUT2D eigenvalue weighted by molar-refractivity contribution is 0.158. The second-order valence-corrected chi connectivity index (χ2v) is 5.58. The first-order chi connectivity index (χ1) is 8.69. The van der Waals surface area contributed by atoms with Gasteiger partial charge in [-0.25, -0.2) is 0 Å². The Morgan fingerprint density at radius 1 is 1.50 bits per heavy atom. The van der Waals surface area contributed by atoms with Gasteiger partial charge in [0.05, 0.1) is 12.2 Å². The third-order valence-corrected chi connectivity index (χ3v) is 4.01. The molecule has 1 aromatic heterocycles. The van der Waals surface area contributed by atoms with E-state index in [1.165, 1.54) is 25.7 Å². The highest BCUT2D eigenvalue weighted by Gasteiger charge is 2.21. The first-order valence-electron chi connectivity index (χ1n) is 6.98. The van der Waals surface area contributed by atoms with Crippen LogP contribution in [0.4, 0.5) is 0 Å². The highest BCUT2D eigenvalue weighted by molar-refractivity contribution is 4.90. The van der Waals surface area contributed by atoms with E-state index in [1.807, 2.05) is 10.9 Å². The molecule has 2 atom stereocenters. The molecule has 1 saturated carbocycles. The number of hydrogen-bond donors (Lipinski definition) is 1. The summed E-state index contributed by atoms with van der Waals surface area (Å²) in [5.41, 5.74) is 6.39. The molecule has 18 heavy (non-hydrogen) atoms. The first-order valence-corrected chi connectivity index (χ1v) is 6.98. The van der Waals surface area contributed by atoms with Gasteiger partial charge >= 0.3 is 0 Å². The molecule has 1 aliphatic rings. The van der Waals surface area contributed by atoms with Gasteiger partial charge in [-0.2, -0.15) is 0 Å². The summed E-state index contributed by atoms with van der Waals surface area (Å²) >= 11 is 0. The van der Waals surface area contributed by atoms with E-state index >= 15 is 0 Å². The van der Waals surface area contributed by atoms with E-state index in [2.05, 4.69) is 29.2 Å². The van der Waals surface area contributed by atoms with Gasteiger partial charge in [0.1, 0.15) is 0 Å². The molecular formula is C13H25N5. The van der Waals surface area contributed by atoms with E-state index in [0.29, 0.717) is 6.54 Å². The number of hydrogen-bond acceptors (Lipinski definition) is 4. The Morgan fingerprint density at radius 2 is 2.33 bits per heavy atom. The molecule has 2 unspecified atom stereocenters. The Bertz CT molecular complexity index is 362. The molecule has 0 aliphatic heterocycles. The Balaban J connectivity index is 1.78. The molecule has 1 heterocycles. The Morgan fingerprint density at radius 3 is 3.00 bits per heavy atom. The van der Waals surface area contributed by atoms with Crippen molar-refractivity contribution in [2.24, 2.45) is 11.7 Å². The van der Waals surface area contributed by atoms with Crippen molar-refractivity contribution in [3.63, 3.8) is 0 Å². The number of nitrogens with two attached hydrogens (primary N) is 1. The summed E-state index contributed by atoms with van der Waals surface area (Å²) in [6, 6.07) is 0.742. The molecule has 2 N–H and O–H groups in total. The van der Waals surface area contributed by atoms with Crippen LogP contribution in [0, 0.1) is 5.92 Å². The topological polar surface area (TPSA) is 60.0 Å². The smallest absolute Gasteiger partial charge is 0.0962 e. The van der Waals surface area contributed by atoms with Crippen LogP contribution in [0.3, 0.4) is 0 Å². The van der Waals surface area contributed by atoms with Crippen LogP contribution in [0.15, 0.2) is 6.20 Å². The van der Waals surface area contributed by atoms with Gasteiger partial charge in [0.15, 0.2) is 0 Å². The monoisotopic (exact) mass is 251 g/mol. The summed E-state index contributed by atoms with van der Waals surface area (Å²) in [5.74, 6) is 0.876. The molecule has 0 saturated heterocycles. The maximum Gasteiger partial charge on any atom is 0.0962 e. The highest BCUT2D eigenvalue weighted by Crippen LogP contribution is 2.26. The molecule has 0 radical (unpaired) electrons. The number of likely N-dealkylation sites (N-methyl/N-ethyl adjacent to an activating group) is 1. The molecule has 1 aromatic rings. The molecule has 5 nitrogen and oxygen atoms in total. The number of nitrogens with zero attached hydrogens (tertiary/aromatic N) is 4. The highest BCUT2D eigenvalue weighted by atomic mass is 15.4. The maximum atomic E-state index is 5.53. The normalized spacial score (nSPS) is 24.7. The predicted octanol–water partition coefficient (Wildman–Crippen LogP) is 1.25. The maximum absolute atomic E-state index is 5.53. The van der Waals surface area contributed by atoms with E-state index in [1.54, 1.807) is 0 Å². The fourth-order valence-corrected chi connectivity index (χ4v) is 2.79. The third kappa shape index (κ3) is 3.53. The lowest BCUT2D eigenvalue weighted by Crippen LogP contribution is -2.37. The van der Waals surface area contributed by atoms with Crippen molar-refractivity contribution in [1.82, 2.24) is 19.9 Å². The van der Waals surface area contributed by atoms with Crippen molar-refractivity contribution < 1.29 is 0 Å². The van der Waals surface area contributed by atoms with E-state index < -0.39 is 0 Å². The number of aromatic nitrogens is 3. The zero-order valence-corrected chi connectivity index (χ0v) is 11.5. The molecule has 102 valence electrons. The minimum absolute atomic E-state index is 0.468. The summed E-state index contributed by atoms with van der Waals surface area (Å²) in [6.07, 6.45) is 7.38. The van der Waals surface area contributed by atoms with E-state index in [0.717, 1.165) is 30.7 Å². The third-order valence-electron chi connectivity index (χ3n) is 4.01. The van der Waals surface area contributed by atoms with E-state index in [4.69, 9.17) is 5.73 Å². The summed E-state index contributed by atoms with van der Waals surface area (Å²) in [4.78, 5) is 2.47. The van der Waals surface area contributed by atoms with Gasteiger partial charge in [0.25, 0.3) is 0 Å². The predicted molar refractivity (Wildman–Crippen MR) is 72.0 cm³/mol. The van der Waals surface area contributed by atoms with Crippen LogP contribution in [0.1, 0.15) is 38.3 Å². The Hall–Kier alpha value is -0.940. The lowest BCUT2D eigenvalue weighted by atomic mass is 9.86. The van der Waals surface area contributed by atoms with Crippen molar-refractivity contribution in [2.75, 3.05) is 13.6 Å². The zero-order valence-electron chi connectivity index (χ0n) is 11.5. The van der Waals surface area contributed by atoms with Gasteiger partial charge < -0.3 is 10.6 Å². The molecule has 5 heteroatoms. The summed E-state index contributed by atoms with van der Waals surface area (Å²) in [7, 11) is 2.23. The second kappa shape index (κ2) is 6.29. The van der Waals surface area contributed by atoms with Crippen molar-refractivity contribution in [1.29, 1.82) is 0 Å². The van der Waals surface area contributed by atoms with Crippen LogP contribution < -0.4 is 5.73 Å². The fraction of sp³-hybridized carbons (Fsp3) is 0.846. The fourth-order valence-electron chi connectivity index (χ4n) is 2.79. The first kappa shape index (κ1) is 13.5.